The monoisotopic (exact) mass is 287 g/mol. The number of anilines is 1. The maximum atomic E-state index is 10.0. The standard InChI is InChI=1S/C16H21N3O2/c1-16(2)6-5-11(8-16)21-14-7-10(3-4-13(14)20)12-9-18-19-15(12)17/h3-4,7,9,11,20H,5-6,8H2,1-2H3,(H3,17,18,19). The number of hydrogen-bond donors (Lipinski definition) is 3. The molecular formula is C16H21N3O2. The van der Waals surface area contributed by atoms with E-state index in [1.54, 1.807) is 12.3 Å². The van der Waals surface area contributed by atoms with Crippen LogP contribution >= 0.6 is 0 Å². The van der Waals surface area contributed by atoms with E-state index in [-0.39, 0.29) is 11.9 Å². The van der Waals surface area contributed by atoms with Crippen LogP contribution in [0.4, 0.5) is 5.82 Å². The highest BCUT2D eigenvalue weighted by atomic mass is 16.5. The van der Waals surface area contributed by atoms with Crippen LogP contribution in [0.1, 0.15) is 33.1 Å². The molecule has 1 aromatic heterocycles. The molecule has 4 N–H and O–H groups in total. The lowest BCUT2D eigenvalue weighted by Crippen LogP contribution is -2.14. The maximum absolute atomic E-state index is 10.0. The number of hydrogen-bond acceptors (Lipinski definition) is 4. The van der Waals surface area contributed by atoms with Gasteiger partial charge in [0.15, 0.2) is 11.5 Å². The Kier molecular flexibility index (Phi) is 3.27. The van der Waals surface area contributed by atoms with Crippen LogP contribution in [-0.2, 0) is 0 Å². The number of aromatic nitrogens is 2. The van der Waals surface area contributed by atoms with Gasteiger partial charge in [0.1, 0.15) is 5.82 Å². The first-order chi connectivity index (χ1) is 9.94. The average molecular weight is 287 g/mol. The van der Waals surface area contributed by atoms with Gasteiger partial charge in [-0.3, -0.25) is 5.10 Å². The van der Waals surface area contributed by atoms with Crippen molar-refractivity contribution >= 4 is 5.82 Å². The number of H-pyrrole nitrogens is 1. The molecule has 5 heteroatoms. The topological polar surface area (TPSA) is 84.2 Å². The molecular weight excluding hydrogens is 266 g/mol. The Bertz CT molecular complexity index is 649. The summed E-state index contributed by atoms with van der Waals surface area (Å²) >= 11 is 0. The fourth-order valence-electron chi connectivity index (χ4n) is 2.95. The summed E-state index contributed by atoms with van der Waals surface area (Å²) in [6.07, 6.45) is 4.99. The number of phenolic OH excluding ortho intramolecular Hbond substituents is 1. The molecule has 0 aliphatic heterocycles. The minimum Gasteiger partial charge on any atom is -0.504 e. The van der Waals surface area contributed by atoms with Crippen LogP contribution < -0.4 is 10.5 Å². The van der Waals surface area contributed by atoms with Gasteiger partial charge in [-0.1, -0.05) is 19.9 Å². The summed E-state index contributed by atoms with van der Waals surface area (Å²) in [6.45, 7) is 4.50. The van der Waals surface area contributed by atoms with Crippen LogP contribution in [0, 0.1) is 5.41 Å². The Morgan fingerprint density at radius 1 is 1.43 bits per heavy atom. The van der Waals surface area contributed by atoms with Crippen molar-refractivity contribution in [3.8, 4) is 22.6 Å². The fraction of sp³-hybridized carbons (Fsp3) is 0.438. The molecule has 1 saturated carbocycles. The van der Waals surface area contributed by atoms with Crippen molar-refractivity contribution in [3.05, 3.63) is 24.4 Å². The van der Waals surface area contributed by atoms with E-state index in [1.165, 1.54) is 0 Å². The van der Waals surface area contributed by atoms with Crippen molar-refractivity contribution in [2.75, 3.05) is 5.73 Å². The molecule has 5 nitrogen and oxygen atoms in total. The van der Waals surface area contributed by atoms with E-state index in [1.807, 2.05) is 12.1 Å². The van der Waals surface area contributed by atoms with Gasteiger partial charge in [-0.25, -0.2) is 0 Å². The van der Waals surface area contributed by atoms with Gasteiger partial charge in [0, 0.05) is 5.56 Å². The van der Waals surface area contributed by atoms with Crippen molar-refractivity contribution in [1.29, 1.82) is 0 Å². The number of nitrogens with two attached hydrogens (primary N) is 1. The van der Waals surface area contributed by atoms with E-state index >= 15 is 0 Å². The Morgan fingerprint density at radius 3 is 2.86 bits per heavy atom. The van der Waals surface area contributed by atoms with Crippen LogP contribution in [0.3, 0.4) is 0 Å². The number of aromatic amines is 1. The second kappa shape index (κ2) is 4.98. The number of benzene rings is 1. The molecule has 1 heterocycles. The zero-order chi connectivity index (χ0) is 15.0. The van der Waals surface area contributed by atoms with E-state index < -0.39 is 0 Å². The number of rotatable bonds is 3. The highest BCUT2D eigenvalue weighted by molar-refractivity contribution is 5.74. The van der Waals surface area contributed by atoms with Crippen LogP contribution in [0.5, 0.6) is 11.5 Å². The van der Waals surface area contributed by atoms with Crippen molar-refractivity contribution in [3.63, 3.8) is 0 Å². The zero-order valence-electron chi connectivity index (χ0n) is 12.4. The number of aromatic hydroxyl groups is 1. The molecule has 2 aromatic rings. The lowest BCUT2D eigenvalue weighted by atomic mass is 9.92. The van der Waals surface area contributed by atoms with Gasteiger partial charge in [0.05, 0.1) is 12.3 Å². The first-order valence-corrected chi connectivity index (χ1v) is 7.23. The van der Waals surface area contributed by atoms with Gasteiger partial charge in [0.2, 0.25) is 0 Å². The molecule has 112 valence electrons. The first kappa shape index (κ1) is 13.8. The third-order valence-electron chi connectivity index (χ3n) is 4.16. The Labute approximate surface area is 124 Å². The number of nitrogens with zero attached hydrogens (tertiary/aromatic N) is 1. The minimum atomic E-state index is 0.155. The predicted octanol–water partition coefficient (Wildman–Crippen LogP) is 3.32. The molecule has 21 heavy (non-hydrogen) atoms. The summed E-state index contributed by atoms with van der Waals surface area (Å²) in [5.41, 5.74) is 7.84. The molecule has 1 aromatic carbocycles. The molecule has 3 rings (SSSR count). The number of nitrogens with one attached hydrogen (secondary N) is 1. The smallest absolute Gasteiger partial charge is 0.161 e. The molecule has 0 radical (unpaired) electrons. The summed E-state index contributed by atoms with van der Waals surface area (Å²) in [5.74, 6) is 1.18. The molecule has 1 aliphatic carbocycles. The van der Waals surface area contributed by atoms with Crippen LogP contribution in [-0.4, -0.2) is 21.4 Å². The average Bonchev–Trinajstić information content (AvgIpc) is 2.98. The molecule has 0 saturated heterocycles. The van der Waals surface area contributed by atoms with Gasteiger partial charge in [0.25, 0.3) is 0 Å². The van der Waals surface area contributed by atoms with Crippen molar-refractivity contribution in [2.45, 2.75) is 39.2 Å². The Morgan fingerprint density at radius 2 is 2.24 bits per heavy atom. The van der Waals surface area contributed by atoms with Gasteiger partial charge in [-0.15, -0.1) is 0 Å². The zero-order valence-corrected chi connectivity index (χ0v) is 12.4. The molecule has 1 atom stereocenters. The normalized spacial score (nSPS) is 20.6. The van der Waals surface area contributed by atoms with E-state index in [9.17, 15) is 5.11 Å². The predicted molar refractivity (Wildman–Crippen MR) is 82.1 cm³/mol. The van der Waals surface area contributed by atoms with Gasteiger partial charge in [-0.2, -0.15) is 5.10 Å². The van der Waals surface area contributed by atoms with Crippen molar-refractivity contribution in [2.24, 2.45) is 5.41 Å². The van der Waals surface area contributed by atoms with Crippen molar-refractivity contribution in [1.82, 2.24) is 10.2 Å². The fourth-order valence-corrected chi connectivity index (χ4v) is 2.95. The van der Waals surface area contributed by atoms with Crippen molar-refractivity contribution < 1.29 is 9.84 Å². The summed E-state index contributed by atoms with van der Waals surface area (Å²) in [5, 5.41) is 16.6. The second-order valence-corrected chi connectivity index (χ2v) is 6.53. The summed E-state index contributed by atoms with van der Waals surface area (Å²) in [7, 11) is 0. The van der Waals surface area contributed by atoms with Crippen LogP contribution in [0.25, 0.3) is 11.1 Å². The quantitative estimate of drug-likeness (QED) is 0.808. The van der Waals surface area contributed by atoms with E-state index in [0.717, 1.165) is 30.4 Å². The summed E-state index contributed by atoms with van der Waals surface area (Å²) in [4.78, 5) is 0. The van der Waals surface area contributed by atoms with Crippen LogP contribution in [0.2, 0.25) is 0 Å². The first-order valence-electron chi connectivity index (χ1n) is 7.23. The van der Waals surface area contributed by atoms with Gasteiger partial charge < -0.3 is 15.6 Å². The molecule has 1 fully saturated rings. The second-order valence-electron chi connectivity index (χ2n) is 6.53. The summed E-state index contributed by atoms with van der Waals surface area (Å²) in [6, 6.07) is 5.26. The Hall–Kier alpha value is -2.17. The molecule has 1 aliphatic rings. The Balaban J connectivity index is 1.84. The molecule has 0 spiro atoms. The molecule has 0 bridgehead atoms. The highest BCUT2D eigenvalue weighted by Gasteiger charge is 2.32. The minimum absolute atomic E-state index is 0.155. The summed E-state index contributed by atoms with van der Waals surface area (Å²) < 4.78 is 6.00. The highest BCUT2D eigenvalue weighted by Crippen LogP contribution is 2.41. The van der Waals surface area contributed by atoms with Gasteiger partial charge in [-0.05, 0) is 42.4 Å². The number of ether oxygens (including phenoxy) is 1. The number of phenols is 1. The molecule has 1 unspecified atom stereocenters. The SMILES string of the molecule is CC1(C)CCC(Oc2cc(-c3cn[nH]c3N)ccc2O)C1. The van der Waals surface area contributed by atoms with E-state index in [2.05, 4.69) is 24.0 Å². The van der Waals surface area contributed by atoms with E-state index in [4.69, 9.17) is 10.5 Å². The third-order valence-corrected chi connectivity index (χ3v) is 4.16. The number of nitrogen functional groups attached to an aromatic ring is 1. The maximum Gasteiger partial charge on any atom is 0.161 e. The van der Waals surface area contributed by atoms with Gasteiger partial charge >= 0.3 is 0 Å². The largest absolute Gasteiger partial charge is 0.504 e. The lowest BCUT2D eigenvalue weighted by Gasteiger charge is -2.19. The van der Waals surface area contributed by atoms with E-state index in [0.29, 0.717) is 17.0 Å². The lowest BCUT2D eigenvalue weighted by molar-refractivity contribution is 0.186. The van der Waals surface area contributed by atoms with Crippen LogP contribution in [0.15, 0.2) is 24.4 Å². The molecule has 0 amide bonds. The third kappa shape index (κ3) is 2.82.